The van der Waals surface area contributed by atoms with Crippen molar-refractivity contribution >= 4 is 34.9 Å². The number of carbonyl (C=O) groups is 1. The van der Waals surface area contributed by atoms with E-state index in [1.54, 1.807) is 35.1 Å². The number of benzene rings is 1. The van der Waals surface area contributed by atoms with Gasteiger partial charge in [0, 0.05) is 11.5 Å². The molecule has 0 aromatic heterocycles. The molecule has 24 heavy (non-hydrogen) atoms. The third-order valence-corrected chi connectivity index (χ3v) is 5.60. The Morgan fingerprint density at radius 3 is 2.67 bits per heavy atom. The molecule has 1 atom stereocenters. The summed E-state index contributed by atoms with van der Waals surface area (Å²) in [4.78, 5) is 21.0. The van der Waals surface area contributed by atoms with Gasteiger partial charge in [-0.3, -0.25) is 4.79 Å². The zero-order valence-electron chi connectivity index (χ0n) is 13.1. The normalized spacial score (nSPS) is 23.5. The van der Waals surface area contributed by atoms with Crippen molar-refractivity contribution in [2.24, 2.45) is 21.0 Å². The Hall–Kier alpha value is -2.02. The van der Waals surface area contributed by atoms with Crippen LogP contribution in [0.3, 0.4) is 0 Å². The van der Waals surface area contributed by atoms with Crippen molar-refractivity contribution in [3.8, 4) is 0 Å². The largest absolute Gasteiger partial charge is 0.271 e. The highest BCUT2D eigenvalue weighted by atomic mass is 32.2. The Morgan fingerprint density at radius 1 is 1.17 bits per heavy atom. The van der Waals surface area contributed by atoms with E-state index in [2.05, 4.69) is 15.1 Å². The lowest BCUT2D eigenvalue weighted by atomic mass is 10.1. The van der Waals surface area contributed by atoms with Gasteiger partial charge in [-0.25, -0.2) is 14.4 Å². The van der Waals surface area contributed by atoms with Crippen LogP contribution in [0.4, 0.5) is 4.39 Å². The maximum atomic E-state index is 13.0. The number of aliphatic imine (C=N–C) groups is 2. The van der Waals surface area contributed by atoms with Gasteiger partial charge in [-0.05, 0) is 30.5 Å². The molecule has 1 unspecified atom stereocenters. The lowest BCUT2D eigenvalue weighted by Gasteiger charge is -2.21. The summed E-state index contributed by atoms with van der Waals surface area (Å²) in [5.41, 5.74) is 0.914. The van der Waals surface area contributed by atoms with E-state index < -0.39 is 5.92 Å². The highest BCUT2D eigenvalue weighted by molar-refractivity contribution is 8.14. The Labute approximate surface area is 143 Å². The van der Waals surface area contributed by atoms with Crippen molar-refractivity contribution in [2.75, 3.05) is 0 Å². The molecule has 2 aliphatic heterocycles. The van der Waals surface area contributed by atoms with E-state index in [4.69, 9.17) is 0 Å². The lowest BCUT2D eigenvalue weighted by molar-refractivity contribution is -0.118. The molecule has 0 spiro atoms. The van der Waals surface area contributed by atoms with Crippen molar-refractivity contribution in [2.45, 2.75) is 37.5 Å². The third-order valence-electron chi connectivity index (χ3n) is 4.40. The standard InChI is InChI=1S/C17H17FN4OS/c18-12-7-5-11(6-8-12)10-22-15-14(9-19-22)16(23)21-17(20-15)24-13-3-1-2-4-13/h5-9,13-14H,1-4,10H2. The number of hydrogen-bond donors (Lipinski definition) is 0. The predicted octanol–water partition coefficient (Wildman–Crippen LogP) is 3.21. The van der Waals surface area contributed by atoms with Gasteiger partial charge in [0.15, 0.2) is 5.17 Å². The van der Waals surface area contributed by atoms with Gasteiger partial charge in [0.25, 0.3) is 5.91 Å². The summed E-state index contributed by atoms with van der Waals surface area (Å²) in [5, 5.41) is 7.06. The smallest absolute Gasteiger partial charge is 0.264 e. The fraction of sp³-hybridized carbons (Fsp3) is 0.412. The summed E-state index contributed by atoms with van der Waals surface area (Å²) in [5.74, 6) is -0.335. The van der Waals surface area contributed by atoms with Crippen molar-refractivity contribution in [3.05, 3.63) is 35.6 Å². The number of nitrogens with zero attached hydrogens (tertiary/aromatic N) is 4. The van der Waals surface area contributed by atoms with E-state index in [9.17, 15) is 9.18 Å². The zero-order chi connectivity index (χ0) is 16.5. The molecule has 1 fully saturated rings. The Balaban J connectivity index is 1.51. The van der Waals surface area contributed by atoms with Crippen LogP contribution in [0.15, 0.2) is 39.4 Å². The van der Waals surface area contributed by atoms with Gasteiger partial charge in [0.05, 0.1) is 6.54 Å². The molecule has 1 aliphatic carbocycles. The number of carbonyl (C=O) groups excluding carboxylic acids is 1. The third kappa shape index (κ3) is 3.13. The van der Waals surface area contributed by atoms with E-state index in [1.165, 1.54) is 25.0 Å². The van der Waals surface area contributed by atoms with E-state index >= 15 is 0 Å². The molecule has 5 nitrogen and oxygen atoms in total. The van der Waals surface area contributed by atoms with Crippen LogP contribution in [-0.4, -0.2) is 33.4 Å². The van der Waals surface area contributed by atoms with Gasteiger partial charge in [-0.15, -0.1) is 0 Å². The highest BCUT2D eigenvalue weighted by Crippen LogP contribution is 2.32. The molecule has 1 amide bonds. The summed E-state index contributed by atoms with van der Waals surface area (Å²) in [7, 11) is 0. The van der Waals surface area contributed by atoms with Crippen LogP contribution in [0.1, 0.15) is 31.2 Å². The van der Waals surface area contributed by atoms with Crippen molar-refractivity contribution < 1.29 is 9.18 Å². The Bertz CT molecular complexity index is 737. The first kappa shape index (κ1) is 15.5. The number of amidine groups is 2. The maximum Gasteiger partial charge on any atom is 0.264 e. The predicted molar refractivity (Wildman–Crippen MR) is 93.6 cm³/mol. The minimum absolute atomic E-state index is 0.203. The topological polar surface area (TPSA) is 57.4 Å². The first-order valence-electron chi connectivity index (χ1n) is 8.13. The molecule has 1 aromatic rings. The van der Waals surface area contributed by atoms with Gasteiger partial charge in [-0.2, -0.15) is 10.1 Å². The number of hydrogen-bond acceptors (Lipinski definition) is 5. The minimum Gasteiger partial charge on any atom is -0.271 e. The van der Waals surface area contributed by atoms with Gasteiger partial charge in [-0.1, -0.05) is 36.7 Å². The lowest BCUT2D eigenvalue weighted by Crippen LogP contribution is -2.34. The fourth-order valence-corrected chi connectivity index (χ4v) is 4.27. The first-order valence-corrected chi connectivity index (χ1v) is 9.01. The van der Waals surface area contributed by atoms with Crippen molar-refractivity contribution in [1.82, 2.24) is 5.01 Å². The van der Waals surface area contributed by atoms with Gasteiger partial charge in [0.2, 0.25) is 0 Å². The van der Waals surface area contributed by atoms with Crippen LogP contribution in [0.5, 0.6) is 0 Å². The molecule has 0 N–H and O–H groups in total. The number of hydrazone groups is 1. The molecule has 1 saturated carbocycles. The molecule has 4 rings (SSSR count). The zero-order valence-corrected chi connectivity index (χ0v) is 13.9. The molecule has 3 aliphatic rings. The summed E-state index contributed by atoms with van der Waals surface area (Å²) >= 11 is 1.60. The molecule has 1 aromatic carbocycles. The van der Waals surface area contributed by atoms with Crippen molar-refractivity contribution in [3.63, 3.8) is 0 Å². The highest BCUT2D eigenvalue weighted by Gasteiger charge is 2.36. The number of thioether (sulfide) groups is 1. The van der Waals surface area contributed by atoms with E-state index in [0.717, 1.165) is 18.4 Å². The van der Waals surface area contributed by atoms with Crippen LogP contribution < -0.4 is 0 Å². The molecule has 0 bridgehead atoms. The van der Waals surface area contributed by atoms with Crippen LogP contribution in [0, 0.1) is 11.7 Å². The second-order valence-corrected chi connectivity index (χ2v) is 7.42. The SMILES string of the molecule is O=C1N=C(SC2CCCC2)N=C2C1C=NN2Cc1ccc(F)cc1. The molecular formula is C17H17FN4OS. The summed E-state index contributed by atoms with van der Waals surface area (Å²) in [6.45, 7) is 0.459. The minimum atomic E-state index is -0.488. The molecule has 0 saturated heterocycles. The van der Waals surface area contributed by atoms with Crippen LogP contribution >= 0.6 is 11.8 Å². The quantitative estimate of drug-likeness (QED) is 0.846. The van der Waals surface area contributed by atoms with E-state index in [0.29, 0.717) is 22.8 Å². The summed E-state index contributed by atoms with van der Waals surface area (Å²) < 4.78 is 13.0. The number of fused-ring (bicyclic) bond motifs is 1. The average molecular weight is 344 g/mol. The van der Waals surface area contributed by atoms with Gasteiger partial charge >= 0.3 is 0 Å². The van der Waals surface area contributed by atoms with E-state index in [1.807, 2.05) is 0 Å². The first-order chi connectivity index (χ1) is 11.7. The molecule has 7 heteroatoms. The second-order valence-electron chi connectivity index (χ2n) is 6.15. The van der Waals surface area contributed by atoms with E-state index in [-0.39, 0.29) is 11.7 Å². The van der Waals surface area contributed by atoms with Gasteiger partial charge in [0.1, 0.15) is 17.6 Å². The Kier molecular flexibility index (Phi) is 4.18. The number of amides is 1. The average Bonchev–Trinajstić information content (AvgIpc) is 3.20. The summed E-state index contributed by atoms with van der Waals surface area (Å²) in [6.07, 6.45) is 6.37. The molecule has 0 radical (unpaired) electrons. The van der Waals surface area contributed by atoms with Crippen LogP contribution in [0.25, 0.3) is 0 Å². The second kappa shape index (κ2) is 6.47. The van der Waals surface area contributed by atoms with Crippen LogP contribution in [0.2, 0.25) is 0 Å². The maximum absolute atomic E-state index is 13.0. The molecule has 124 valence electrons. The summed E-state index contributed by atoms with van der Waals surface area (Å²) in [6, 6.07) is 6.27. The Morgan fingerprint density at radius 2 is 1.92 bits per heavy atom. The number of halogens is 1. The monoisotopic (exact) mass is 344 g/mol. The van der Waals surface area contributed by atoms with Crippen LogP contribution in [-0.2, 0) is 11.3 Å². The molecule has 2 heterocycles. The van der Waals surface area contributed by atoms with Crippen molar-refractivity contribution in [1.29, 1.82) is 0 Å². The molecular weight excluding hydrogens is 327 g/mol. The number of rotatable bonds is 3. The fourth-order valence-electron chi connectivity index (χ4n) is 3.11. The van der Waals surface area contributed by atoms with Gasteiger partial charge < -0.3 is 0 Å².